The molecule has 0 spiro atoms. The Hall–Kier alpha value is -2.85. The van der Waals surface area contributed by atoms with E-state index < -0.39 is 11.7 Å². The molecular weight excluding hydrogens is 475 g/mol. The number of thioether (sulfide) groups is 1. The first-order chi connectivity index (χ1) is 16.8. The van der Waals surface area contributed by atoms with Crippen molar-refractivity contribution in [2.75, 3.05) is 36.9 Å². The molecule has 0 unspecified atom stereocenters. The topological polar surface area (TPSA) is 77.2 Å². The van der Waals surface area contributed by atoms with E-state index in [1.165, 1.54) is 0 Å². The quantitative estimate of drug-likeness (QED) is 0.473. The van der Waals surface area contributed by atoms with Crippen LogP contribution in [0.5, 0.6) is 0 Å². The van der Waals surface area contributed by atoms with Crippen molar-refractivity contribution >= 4 is 23.5 Å². The molecule has 6 nitrogen and oxygen atoms in total. The van der Waals surface area contributed by atoms with Crippen LogP contribution in [0.2, 0.25) is 0 Å². The summed E-state index contributed by atoms with van der Waals surface area (Å²) < 4.78 is 46.7. The summed E-state index contributed by atoms with van der Waals surface area (Å²) in [6.45, 7) is 6.19. The zero-order valence-corrected chi connectivity index (χ0v) is 20.5. The average molecular weight is 504 g/mol. The summed E-state index contributed by atoms with van der Waals surface area (Å²) in [6.07, 6.45) is -1.67. The lowest BCUT2D eigenvalue weighted by atomic mass is 10.0. The van der Waals surface area contributed by atoms with E-state index in [4.69, 9.17) is 15.5 Å². The summed E-state index contributed by atoms with van der Waals surface area (Å²) in [5.74, 6) is 0.225. The molecule has 2 aliphatic rings. The number of hydrogen-bond acceptors (Lipinski definition) is 7. The molecule has 186 valence electrons. The maximum atomic E-state index is 13.8. The van der Waals surface area contributed by atoms with E-state index in [0.29, 0.717) is 32.3 Å². The first-order valence-electron chi connectivity index (χ1n) is 11.6. The van der Waals surface area contributed by atoms with E-state index in [1.807, 2.05) is 49.1 Å². The van der Waals surface area contributed by atoms with E-state index in [0.717, 1.165) is 35.7 Å². The highest BCUT2D eigenvalue weighted by Gasteiger charge is 2.48. The minimum atomic E-state index is -4.59. The van der Waals surface area contributed by atoms with Crippen molar-refractivity contribution in [2.45, 2.75) is 42.5 Å². The lowest BCUT2D eigenvalue weighted by Crippen LogP contribution is -2.37. The minimum absolute atomic E-state index is 0.102. The fourth-order valence-corrected chi connectivity index (χ4v) is 5.12. The Labute approximate surface area is 207 Å². The van der Waals surface area contributed by atoms with Gasteiger partial charge in [-0.25, -0.2) is 15.0 Å². The van der Waals surface area contributed by atoms with E-state index in [9.17, 15) is 13.2 Å². The number of rotatable bonds is 5. The molecule has 10 heteroatoms. The van der Waals surface area contributed by atoms with Gasteiger partial charge in [-0.05, 0) is 37.1 Å². The van der Waals surface area contributed by atoms with Gasteiger partial charge in [0, 0.05) is 29.7 Å². The Balaban J connectivity index is 0.00000141. The van der Waals surface area contributed by atoms with Crippen molar-refractivity contribution in [3.63, 3.8) is 0 Å². The Morgan fingerprint density at radius 2 is 1.71 bits per heavy atom. The predicted octanol–water partition coefficient (Wildman–Crippen LogP) is 5.78. The summed E-state index contributed by atoms with van der Waals surface area (Å²) in [7, 11) is 0. The van der Waals surface area contributed by atoms with Crippen LogP contribution in [0.25, 0.3) is 11.3 Å². The average Bonchev–Trinajstić information content (AvgIpc) is 3.66. The molecule has 35 heavy (non-hydrogen) atoms. The molecule has 1 saturated heterocycles. The lowest BCUT2D eigenvalue weighted by Gasteiger charge is -2.28. The Morgan fingerprint density at radius 3 is 2.34 bits per heavy atom. The summed E-state index contributed by atoms with van der Waals surface area (Å²) in [5, 5.41) is 0. The SMILES string of the molecule is CC.Nc1cc(C(F)(F)F)c(-c2cc(C3(Sc4ccccc4)CC3)nc(N3CCOCC3)n2)cn1. The number of halogens is 3. The highest BCUT2D eigenvalue weighted by atomic mass is 32.2. The molecule has 0 atom stereocenters. The molecule has 3 heterocycles. The van der Waals surface area contributed by atoms with Gasteiger partial charge in [0.1, 0.15) is 5.82 Å². The second-order valence-electron chi connectivity index (χ2n) is 8.10. The third-order valence-electron chi connectivity index (χ3n) is 5.74. The van der Waals surface area contributed by atoms with Crippen LogP contribution >= 0.6 is 11.8 Å². The molecule has 0 amide bonds. The van der Waals surface area contributed by atoms with Gasteiger partial charge in [0.25, 0.3) is 0 Å². The Morgan fingerprint density at radius 1 is 1.03 bits per heavy atom. The zero-order chi connectivity index (χ0) is 25.1. The van der Waals surface area contributed by atoms with Gasteiger partial charge >= 0.3 is 6.18 Å². The van der Waals surface area contributed by atoms with Crippen LogP contribution in [-0.2, 0) is 15.7 Å². The number of alkyl halides is 3. The van der Waals surface area contributed by atoms with Crippen molar-refractivity contribution in [1.82, 2.24) is 15.0 Å². The molecule has 2 aromatic heterocycles. The third-order valence-corrected chi connectivity index (χ3v) is 7.26. The van der Waals surface area contributed by atoms with Gasteiger partial charge in [-0.15, -0.1) is 11.8 Å². The number of nitrogens with two attached hydrogens (primary N) is 1. The normalized spacial score (nSPS) is 16.9. The van der Waals surface area contributed by atoms with Crippen molar-refractivity contribution in [1.29, 1.82) is 0 Å². The molecule has 0 radical (unpaired) electrons. The van der Waals surface area contributed by atoms with Crippen LogP contribution in [0.15, 0.2) is 53.6 Å². The van der Waals surface area contributed by atoms with Gasteiger partial charge in [-0.1, -0.05) is 32.0 Å². The molecule has 1 saturated carbocycles. The molecule has 2 fully saturated rings. The molecule has 3 aromatic rings. The maximum absolute atomic E-state index is 13.8. The van der Waals surface area contributed by atoms with Crippen LogP contribution in [0.3, 0.4) is 0 Å². The number of anilines is 2. The van der Waals surface area contributed by atoms with Gasteiger partial charge in [-0.3, -0.25) is 0 Å². The number of ether oxygens (including phenoxy) is 1. The monoisotopic (exact) mass is 503 g/mol. The predicted molar refractivity (Wildman–Crippen MR) is 132 cm³/mol. The van der Waals surface area contributed by atoms with Crippen molar-refractivity contribution in [2.24, 2.45) is 0 Å². The first kappa shape index (κ1) is 25.2. The minimum Gasteiger partial charge on any atom is -0.384 e. The van der Waals surface area contributed by atoms with Crippen LogP contribution < -0.4 is 10.6 Å². The number of nitrogens with zero attached hydrogens (tertiary/aromatic N) is 4. The summed E-state index contributed by atoms with van der Waals surface area (Å²) in [5.41, 5.74) is 5.54. The second kappa shape index (κ2) is 10.4. The Kier molecular flexibility index (Phi) is 7.51. The van der Waals surface area contributed by atoms with E-state index in [-0.39, 0.29) is 21.8 Å². The second-order valence-corrected chi connectivity index (χ2v) is 9.56. The molecular formula is C25H28F3N5OS. The fraction of sp³-hybridized carbons (Fsp3) is 0.400. The summed E-state index contributed by atoms with van der Waals surface area (Å²) in [4.78, 5) is 16.4. The van der Waals surface area contributed by atoms with Gasteiger partial charge < -0.3 is 15.4 Å². The molecule has 5 rings (SSSR count). The smallest absolute Gasteiger partial charge is 0.384 e. The number of hydrogen-bond donors (Lipinski definition) is 1. The van der Waals surface area contributed by atoms with Crippen molar-refractivity contribution < 1.29 is 17.9 Å². The van der Waals surface area contributed by atoms with Crippen LogP contribution in [-0.4, -0.2) is 41.3 Å². The van der Waals surface area contributed by atoms with Crippen molar-refractivity contribution in [3.05, 3.63) is 59.9 Å². The standard InChI is InChI=1S/C23H22F3N5OS.C2H6/c24-23(25,26)17-12-20(27)28-14-16(17)18-13-19(30-21(29-18)31-8-10-32-11-9-31)22(6-7-22)33-15-4-2-1-3-5-15;1-2/h1-5,12-14H,6-11H2,(H2,27,28);1-2H3. The van der Waals surface area contributed by atoms with Crippen LogP contribution in [0.4, 0.5) is 24.9 Å². The highest BCUT2D eigenvalue weighted by molar-refractivity contribution is 8.00. The van der Waals surface area contributed by atoms with Gasteiger partial charge in [0.15, 0.2) is 0 Å². The molecule has 1 aliphatic heterocycles. The van der Waals surface area contributed by atoms with E-state index in [1.54, 1.807) is 17.8 Å². The van der Waals surface area contributed by atoms with Crippen LogP contribution in [0, 0.1) is 0 Å². The van der Waals surface area contributed by atoms with E-state index in [2.05, 4.69) is 9.97 Å². The molecule has 1 aromatic carbocycles. The highest BCUT2D eigenvalue weighted by Crippen LogP contribution is 2.59. The van der Waals surface area contributed by atoms with Crippen molar-refractivity contribution in [3.8, 4) is 11.3 Å². The Bertz CT molecular complexity index is 1150. The number of aromatic nitrogens is 3. The summed E-state index contributed by atoms with van der Waals surface area (Å²) in [6, 6.07) is 12.5. The maximum Gasteiger partial charge on any atom is 0.417 e. The third kappa shape index (κ3) is 5.70. The number of morpholine rings is 1. The summed E-state index contributed by atoms with van der Waals surface area (Å²) >= 11 is 1.69. The van der Waals surface area contributed by atoms with E-state index >= 15 is 0 Å². The zero-order valence-electron chi connectivity index (χ0n) is 19.7. The van der Waals surface area contributed by atoms with Gasteiger partial charge in [0.05, 0.1) is 34.9 Å². The molecule has 1 aliphatic carbocycles. The first-order valence-corrected chi connectivity index (χ1v) is 12.5. The van der Waals surface area contributed by atoms with Gasteiger partial charge in [0.2, 0.25) is 5.95 Å². The molecule has 2 N–H and O–H groups in total. The molecule has 0 bridgehead atoms. The van der Waals surface area contributed by atoms with Gasteiger partial charge in [-0.2, -0.15) is 13.2 Å². The number of pyridine rings is 1. The largest absolute Gasteiger partial charge is 0.417 e. The number of benzene rings is 1. The fourth-order valence-electron chi connectivity index (χ4n) is 3.86. The number of nitrogen functional groups attached to an aromatic ring is 1. The van der Waals surface area contributed by atoms with Crippen LogP contribution in [0.1, 0.15) is 37.9 Å². The lowest BCUT2D eigenvalue weighted by molar-refractivity contribution is -0.137.